The van der Waals surface area contributed by atoms with Crippen molar-refractivity contribution in [1.82, 2.24) is 9.29 Å². The predicted octanol–water partition coefficient (Wildman–Crippen LogP) is 3.23. The molecular formula is C20H21F2N3O3S. The van der Waals surface area contributed by atoms with Gasteiger partial charge in [-0.25, -0.2) is 21.2 Å². The second kappa shape index (κ2) is 7.64. The van der Waals surface area contributed by atoms with Crippen LogP contribution in [0.4, 0.5) is 14.5 Å². The number of halogens is 2. The van der Waals surface area contributed by atoms with Gasteiger partial charge in [-0.15, -0.1) is 0 Å². The van der Waals surface area contributed by atoms with Gasteiger partial charge in [0.1, 0.15) is 5.75 Å². The van der Waals surface area contributed by atoms with Crippen LogP contribution in [-0.2, 0) is 10.0 Å². The van der Waals surface area contributed by atoms with E-state index in [2.05, 4.69) is 5.32 Å². The summed E-state index contributed by atoms with van der Waals surface area (Å²) in [7, 11) is -2.57. The lowest BCUT2D eigenvalue weighted by atomic mass is 10.1. The predicted molar refractivity (Wildman–Crippen MR) is 108 cm³/mol. The van der Waals surface area contributed by atoms with Gasteiger partial charge in [-0.3, -0.25) is 0 Å². The van der Waals surface area contributed by atoms with Gasteiger partial charge in [-0.05, 0) is 36.4 Å². The molecule has 0 atom stereocenters. The smallest absolute Gasteiger partial charge is 0.268 e. The Bertz CT molecular complexity index is 1120. The molecule has 9 heteroatoms. The summed E-state index contributed by atoms with van der Waals surface area (Å²) in [5.41, 5.74) is 0.585. The van der Waals surface area contributed by atoms with Crippen molar-refractivity contribution in [3.63, 3.8) is 0 Å². The molecule has 0 aliphatic carbocycles. The fourth-order valence-electron chi connectivity index (χ4n) is 3.66. The normalized spacial score (nSPS) is 15.2. The van der Waals surface area contributed by atoms with Crippen molar-refractivity contribution in [2.45, 2.75) is 11.3 Å². The Balaban J connectivity index is 1.91. The van der Waals surface area contributed by atoms with Crippen molar-refractivity contribution < 1.29 is 21.9 Å². The first kappa shape index (κ1) is 19.7. The number of nitrogens with zero attached hydrogens (tertiary/aromatic N) is 2. The van der Waals surface area contributed by atoms with E-state index in [9.17, 15) is 17.2 Å². The van der Waals surface area contributed by atoms with E-state index >= 15 is 0 Å². The first-order chi connectivity index (χ1) is 13.9. The highest BCUT2D eigenvalue weighted by atomic mass is 32.2. The van der Waals surface area contributed by atoms with Crippen LogP contribution in [0.25, 0.3) is 10.9 Å². The van der Waals surface area contributed by atoms with Gasteiger partial charge in [0, 0.05) is 49.0 Å². The molecule has 4 rings (SSSR count). The van der Waals surface area contributed by atoms with E-state index in [1.807, 2.05) is 4.90 Å². The van der Waals surface area contributed by atoms with Gasteiger partial charge in [0.2, 0.25) is 0 Å². The number of rotatable bonds is 5. The minimum atomic E-state index is -4.05. The van der Waals surface area contributed by atoms with Gasteiger partial charge in [0.15, 0.2) is 0 Å². The molecule has 0 amide bonds. The molecule has 1 aliphatic heterocycles. The monoisotopic (exact) mass is 421 g/mol. The summed E-state index contributed by atoms with van der Waals surface area (Å²) < 4.78 is 60.3. The fraction of sp³-hybridized carbons (Fsp3) is 0.300. The minimum Gasteiger partial charge on any atom is -0.497 e. The zero-order valence-electron chi connectivity index (χ0n) is 15.8. The number of aromatic nitrogens is 1. The van der Waals surface area contributed by atoms with Gasteiger partial charge in [-0.1, -0.05) is 6.07 Å². The molecule has 2 heterocycles. The van der Waals surface area contributed by atoms with E-state index < -0.39 is 16.4 Å². The highest BCUT2D eigenvalue weighted by Crippen LogP contribution is 2.38. The first-order valence-corrected chi connectivity index (χ1v) is 10.6. The number of nitrogens with one attached hydrogen (secondary N) is 1. The molecule has 1 saturated heterocycles. The van der Waals surface area contributed by atoms with Gasteiger partial charge in [0.05, 0.1) is 17.5 Å². The molecule has 6 nitrogen and oxygen atoms in total. The molecule has 1 aromatic heterocycles. The van der Waals surface area contributed by atoms with E-state index in [1.165, 1.54) is 31.4 Å². The zero-order chi connectivity index (χ0) is 20.6. The Kier molecular flexibility index (Phi) is 5.18. The van der Waals surface area contributed by atoms with Crippen LogP contribution in [0.3, 0.4) is 0 Å². The van der Waals surface area contributed by atoms with E-state index in [1.54, 1.807) is 18.2 Å². The maximum atomic E-state index is 13.9. The van der Waals surface area contributed by atoms with Crippen LogP contribution < -0.4 is 15.0 Å². The van der Waals surface area contributed by atoms with E-state index in [0.29, 0.717) is 24.5 Å². The van der Waals surface area contributed by atoms with Crippen LogP contribution in [-0.4, -0.2) is 45.7 Å². The topological polar surface area (TPSA) is 63.6 Å². The van der Waals surface area contributed by atoms with Crippen LogP contribution in [0.2, 0.25) is 0 Å². The molecule has 0 unspecified atom stereocenters. The largest absolute Gasteiger partial charge is 0.497 e. The highest BCUT2D eigenvalue weighted by Gasteiger charge is 2.27. The summed E-state index contributed by atoms with van der Waals surface area (Å²) in [6.45, 7) is 2.81. The van der Waals surface area contributed by atoms with Gasteiger partial charge >= 0.3 is 0 Å². The quantitative estimate of drug-likeness (QED) is 0.685. The highest BCUT2D eigenvalue weighted by molar-refractivity contribution is 7.90. The Morgan fingerprint density at radius 2 is 1.76 bits per heavy atom. The summed E-state index contributed by atoms with van der Waals surface area (Å²) >= 11 is 0. The van der Waals surface area contributed by atoms with Crippen molar-refractivity contribution in [3.05, 3.63) is 54.2 Å². The van der Waals surface area contributed by atoms with Crippen molar-refractivity contribution in [3.8, 4) is 5.75 Å². The number of ether oxygens (including phenoxy) is 1. The van der Waals surface area contributed by atoms with Gasteiger partial charge < -0.3 is 15.0 Å². The number of hydrogen-bond donors (Lipinski definition) is 1. The second-order valence-electron chi connectivity index (χ2n) is 6.77. The number of methoxy groups -OCH3 is 1. The number of hydrogen-bond acceptors (Lipinski definition) is 5. The standard InChI is InChI=1S/C20H21F2N3O3S/c1-28-14-5-7-15(8-6-14)29(26,27)25-13-16(20(21)22)19-17(3-2-4-18(19)25)24-11-9-23-10-12-24/h2-8,13,20,23H,9-12H2,1H3. The Morgan fingerprint density at radius 3 is 2.38 bits per heavy atom. The van der Waals surface area contributed by atoms with Crippen LogP contribution >= 0.6 is 0 Å². The van der Waals surface area contributed by atoms with Crippen molar-refractivity contribution >= 4 is 26.6 Å². The third-order valence-corrected chi connectivity index (χ3v) is 6.80. The average Bonchev–Trinajstić information content (AvgIpc) is 3.15. The molecule has 2 aromatic carbocycles. The number of anilines is 1. The van der Waals surface area contributed by atoms with Gasteiger partial charge in [0.25, 0.3) is 16.4 Å². The fourth-order valence-corrected chi connectivity index (χ4v) is 5.03. The second-order valence-corrected chi connectivity index (χ2v) is 8.58. The molecule has 3 aromatic rings. The maximum absolute atomic E-state index is 13.9. The summed E-state index contributed by atoms with van der Waals surface area (Å²) in [6, 6.07) is 10.9. The molecule has 29 heavy (non-hydrogen) atoms. The van der Waals surface area contributed by atoms with Crippen molar-refractivity contribution in [1.29, 1.82) is 0 Å². The summed E-state index contributed by atoms with van der Waals surface area (Å²) in [5.74, 6) is 0.510. The molecule has 1 N–H and O–H groups in total. The zero-order valence-corrected chi connectivity index (χ0v) is 16.6. The van der Waals surface area contributed by atoms with Crippen LogP contribution in [0.15, 0.2) is 53.6 Å². The lowest BCUT2D eigenvalue weighted by molar-refractivity contribution is 0.153. The summed E-state index contributed by atoms with van der Waals surface area (Å²) in [5, 5.41) is 3.51. The van der Waals surface area contributed by atoms with Crippen molar-refractivity contribution in [2.75, 3.05) is 38.2 Å². The average molecular weight is 421 g/mol. The molecule has 1 aliphatic rings. The first-order valence-electron chi connectivity index (χ1n) is 9.21. The number of fused-ring (bicyclic) bond motifs is 1. The Hall–Kier alpha value is -2.65. The molecule has 0 spiro atoms. The number of piperazine rings is 1. The Labute approximate surface area is 167 Å². The van der Waals surface area contributed by atoms with Gasteiger partial charge in [-0.2, -0.15) is 0 Å². The summed E-state index contributed by atoms with van der Waals surface area (Å²) in [4.78, 5) is 2.01. The molecule has 1 fully saturated rings. The Morgan fingerprint density at radius 1 is 1.07 bits per heavy atom. The molecule has 0 saturated carbocycles. The lowest BCUT2D eigenvalue weighted by Gasteiger charge is -2.30. The van der Waals surface area contributed by atoms with Crippen LogP contribution in [0, 0.1) is 0 Å². The van der Waals surface area contributed by atoms with Crippen molar-refractivity contribution in [2.24, 2.45) is 0 Å². The maximum Gasteiger partial charge on any atom is 0.268 e. The van der Waals surface area contributed by atoms with Crippen LogP contribution in [0.5, 0.6) is 5.75 Å². The number of benzene rings is 2. The summed E-state index contributed by atoms with van der Waals surface area (Å²) in [6.07, 6.45) is -1.76. The third-order valence-electron chi connectivity index (χ3n) is 5.11. The SMILES string of the molecule is COc1ccc(S(=O)(=O)n2cc(C(F)F)c3c(N4CCNCC4)cccc32)cc1. The van der Waals surface area contributed by atoms with E-state index in [4.69, 9.17) is 4.74 Å². The third kappa shape index (κ3) is 3.44. The van der Waals surface area contributed by atoms with E-state index in [0.717, 1.165) is 23.3 Å². The molecule has 0 bridgehead atoms. The minimum absolute atomic E-state index is 0.00333. The molecule has 0 radical (unpaired) electrons. The molecular weight excluding hydrogens is 400 g/mol. The lowest BCUT2D eigenvalue weighted by Crippen LogP contribution is -2.43. The van der Waals surface area contributed by atoms with Crippen LogP contribution in [0.1, 0.15) is 12.0 Å². The van der Waals surface area contributed by atoms with E-state index in [-0.39, 0.29) is 21.4 Å². The molecule has 154 valence electrons. The number of alkyl halides is 2.